The molecular formula is C37H47FN2O4. The van der Waals surface area contributed by atoms with Crippen molar-refractivity contribution in [1.29, 1.82) is 0 Å². The van der Waals surface area contributed by atoms with Gasteiger partial charge in [0.05, 0.1) is 11.3 Å². The van der Waals surface area contributed by atoms with Crippen LogP contribution in [0.15, 0.2) is 42.5 Å². The Morgan fingerprint density at radius 3 is 2.32 bits per heavy atom. The van der Waals surface area contributed by atoms with Crippen LogP contribution in [0.5, 0.6) is 5.75 Å². The van der Waals surface area contributed by atoms with Gasteiger partial charge < -0.3 is 19.5 Å². The van der Waals surface area contributed by atoms with E-state index in [1.807, 2.05) is 52.8 Å². The molecule has 2 aromatic carbocycles. The predicted octanol–water partition coefficient (Wildman–Crippen LogP) is 8.40. The molecule has 1 saturated heterocycles. The second-order valence-corrected chi connectivity index (χ2v) is 14.7. The van der Waals surface area contributed by atoms with Crippen molar-refractivity contribution in [2.24, 2.45) is 5.41 Å². The first kappa shape index (κ1) is 32.0. The maximum atomic E-state index is 13.5. The number of aromatic nitrogens is 1. The van der Waals surface area contributed by atoms with Crippen LogP contribution >= 0.6 is 0 Å². The van der Waals surface area contributed by atoms with Gasteiger partial charge in [0.2, 0.25) is 0 Å². The summed E-state index contributed by atoms with van der Waals surface area (Å²) in [6.07, 6.45) is 3.22. The number of aliphatic carboxylic acids is 1. The highest BCUT2D eigenvalue weighted by atomic mass is 19.1. The molecule has 0 radical (unpaired) electrons. The van der Waals surface area contributed by atoms with Crippen molar-refractivity contribution in [3.05, 3.63) is 76.4 Å². The number of anilines is 1. The maximum Gasteiger partial charge on any atom is 0.337 e. The molecule has 1 fully saturated rings. The van der Waals surface area contributed by atoms with Gasteiger partial charge in [-0.2, -0.15) is 0 Å². The minimum atomic E-state index is -1.15. The molecule has 3 aromatic rings. The monoisotopic (exact) mass is 602 g/mol. The van der Waals surface area contributed by atoms with E-state index in [-0.39, 0.29) is 11.2 Å². The molecule has 2 aliphatic rings. The molecule has 236 valence electrons. The Morgan fingerprint density at radius 1 is 1.05 bits per heavy atom. The van der Waals surface area contributed by atoms with E-state index in [9.17, 15) is 14.3 Å². The van der Waals surface area contributed by atoms with Crippen molar-refractivity contribution in [2.45, 2.75) is 105 Å². The summed E-state index contributed by atoms with van der Waals surface area (Å²) in [5.41, 5.74) is 6.38. The molecule has 2 atom stereocenters. The Kier molecular flexibility index (Phi) is 8.58. The minimum absolute atomic E-state index is 0.228. The quantitative estimate of drug-likeness (QED) is 0.293. The molecule has 0 aliphatic carbocycles. The average Bonchev–Trinajstić information content (AvgIpc) is 2.92. The number of carboxylic acid groups (broad SMARTS) is 1. The van der Waals surface area contributed by atoms with Crippen molar-refractivity contribution >= 4 is 11.7 Å². The van der Waals surface area contributed by atoms with Gasteiger partial charge >= 0.3 is 5.97 Å². The van der Waals surface area contributed by atoms with Gasteiger partial charge in [0.15, 0.2) is 6.10 Å². The molecule has 1 N–H and O–H groups in total. The number of fused-ring (bicyclic) bond motifs is 1. The number of rotatable bonds is 7. The summed E-state index contributed by atoms with van der Waals surface area (Å²) in [6.45, 7) is 17.9. The molecular weight excluding hydrogens is 555 g/mol. The van der Waals surface area contributed by atoms with Gasteiger partial charge in [0.1, 0.15) is 17.2 Å². The molecule has 0 amide bonds. The Morgan fingerprint density at radius 2 is 1.70 bits per heavy atom. The summed E-state index contributed by atoms with van der Waals surface area (Å²) in [4.78, 5) is 20.1. The first-order valence-corrected chi connectivity index (χ1v) is 15.8. The Balaban J connectivity index is 1.58. The van der Waals surface area contributed by atoms with Gasteiger partial charge in [0, 0.05) is 42.0 Å². The van der Waals surface area contributed by atoms with E-state index in [0.717, 1.165) is 78.2 Å². The van der Waals surface area contributed by atoms with E-state index in [2.05, 4.69) is 37.8 Å². The van der Waals surface area contributed by atoms with Crippen molar-refractivity contribution in [1.82, 2.24) is 4.98 Å². The normalized spacial score (nSPS) is 20.5. The highest BCUT2D eigenvalue weighted by Crippen LogP contribution is 2.46. The Bertz CT molecular complexity index is 1530. The first-order valence-electron chi connectivity index (χ1n) is 15.8. The lowest BCUT2D eigenvalue weighted by Crippen LogP contribution is -2.39. The number of piperidine rings is 1. The number of ether oxygens (including phenoxy) is 2. The lowest BCUT2D eigenvalue weighted by molar-refractivity contribution is -0.160. The summed E-state index contributed by atoms with van der Waals surface area (Å²) in [5, 5.41) is 10.5. The summed E-state index contributed by atoms with van der Waals surface area (Å²) in [6, 6.07) is 12.9. The number of benzene rings is 2. The lowest BCUT2D eigenvalue weighted by atomic mass is 9.81. The topological polar surface area (TPSA) is 71.9 Å². The maximum absolute atomic E-state index is 13.5. The van der Waals surface area contributed by atoms with Gasteiger partial charge in [-0.15, -0.1) is 0 Å². The van der Waals surface area contributed by atoms with Crippen LogP contribution in [0.25, 0.3) is 11.1 Å². The Hall–Kier alpha value is -3.45. The van der Waals surface area contributed by atoms with E-state index in [0.29, 0.717) is 17.7 Å². The van der Waals surface area contributed by atoms with E-state index >= 15 is 0 Å². The number of hydrogen-bond donors (Lipinski definition) is 1. The Labute approximate surface area is 261 Å². The van der Waals surface area contributed by atoms with Crippen LogP contribution in [-0.4, -0.2) is 40.4 Å². The summed E-state index contributed by atoms with van der Waals surface area (Å²) >= 11 is 0. The molecule has 7 heteroatoms. The zero-order chi connectivity index (χ0) is 32.0. The van der Waals surface area contributed by atoms with Gasteiger partial charge in [-0.05, 0) is 114 Å². The molecule has 1 aromatic heterocycles. The fraction of sp³-hybridized carbons (Fsp3) is 0.514. The number of carboxylic acids is 1. The van der Waals surface area contributed by atoms with Crippen molar-refractivity contribution < 1.29 is 23.8 Å². The second kappa shape index (κ2) is 11.8. The molecule has 5 rings (SSSR count). The minimum Gasteiger partial charge on any atom is -0.487 e. The number of carbonyl (C=O) groups is 1. The molecule has 0 spiro atoms. The van der Waals surface area contributed by atoms with Gasteiger partial charge in [-0.25, -0.2) is 9.18 Å². The fourth-order valence-corrected chi connectivity index (χ4v) is 6.66. The zero-order valence-electron chi connectivity index (χ0n) is 27.5. The largest absolute Gasteiger partial charge is 0.487 e. The highest BCUT2D eigenvalue weighted by molar-refractivity contribution is 5.88. The number of halogens is 1. The third-order valence-corrected chi connectivity index (χ3v) is 9.09. The van der Waals surface area contributed by atoms with Gasteiger partial charge in [-0.3, -0.25) is 4.98 Å². The summed E-state index contributed by atoms with van der Waals surface area (Å²) in [7, 11) is 0. The summed E-state index contributed by atoms with van der Waals surface area (Å²) in [5.74, 6) is -0.404. The van der Waals surface area contributed by atoms with Crippen LogP contribution in [0.2, 0.25) is 0 Å². The van der Waals surface area contributed by atoms with Crippen LogP contribution in [0, 0.1) is 25.1 Å². The van der Waals surface area contributed by atoms with Crippen LogP contribution in [-0.2, 0) is 22.4 Å². The molecule has 2 aliphatic heterocycles. The third-order valence-electron chi connectivity index (χ3n) is 9.09. The SMILES string of the molecule is Cc1nc(C)c([C@H](OC(C)(C)C)C(=O)O)c(N2CCC(C)(C)CC2)c1-c1ccc2c(c1)CC[C@@](C)(Cc1ccc(F)cc1)O2. The van der Waals surface area contributed by atoms with Crippen molar-refractivity contribution in [3.63, 3.8) is 0 Å². The van der Waals surface area contributed by atoms with Gasteiger partial charge in [0.25, 0.3) is 0 Å². The number of hydrogen-bond acceptors (Lipinski definition) is 5. The van der Waals surface area contributed by atoms with Gasteiger partial charge in [-0.1, -0.05) is 32.0 Å². The van der Waals surface area contributed by atoms with Crippen LogP contribution in [0.3, 0.4) is 0 Å². The fourth-order valence-electron chi connectivity index (χ4n) is 6.66. The van der Waals surface area contributed by atoms with E-state index < -0.39 is 23.3 Å². The standard InChI is InChI=1S/C37H47FN2O4/c1-23-30(27-11-14-29-26(21-27)15-16-37(8,43-29)22-25-9-12-28(38)13-10-25)32(40-19-17-36(6,7)18-20-40)31(24(2)39-23)33(34(41)42)44-35(3,4)5/h9-14,21,33H,15-20,22H2,1-8H3,(H,41,42)/t33-,37-/m0/s1. The first-order chi connectivity index (χ1) is 20.5. The molecule has 0 bridgehead atoms. The molecule has 3 heterocycles. The van der Waals surface area contributed by atoms with Crippen LogP contribution < -0.4 is 9.64 Å². The third kappa shape index (κ3) is 6.93. The smallest absolute Gasteiger partial charge is 0.337 e. The van der Waals surface area contributed by atoms with Crippen molar-refractivity contribution in [2.75, 3.05) is 18.0 Å². The molecule has 44 heavy (non-hydrogen) atoms. The van der Waals surface area contributed by atoms with E-state index in [1.54, 1.807) is 0 Å². The van der Waals surface area contributed by atoms with E-state index in [4.69, 9.17) is 14.5 Å². The number of pyridine rings is 1. The summed E-state index contributed by atoms with van der Waals surface area (Å²) < 4.78 is 26.3. The average molecular weight is 603 g/mol. The predicted molar refractivity (Wildman–Crippen MR) is 173 cm³/mol. The molecule has 0 saturated carbocycles. The molecule has 0 unspecified atom stereocenters. The number of aryl methyl sites for hydroxylation is 3. The van der Waals surface area contributed by atoms with Crippen LogP contribution in [0.4, 0.5) is 10.1 Å². The second-order valence-electron chi connectivity index (χ2n) is 14.7. The zero-order valence-corrected chi connectivity index (χ0v) is 27.5. The number of nitrogens with zero attached hydrogens (tertiary/aromatic N) is 2. The van der Waals surface area contributed by atoms with Crippen molar-refractivity contribution in [3.8, 4) is 16.9 Å². The van der Waals surface area contributed by atoms with Crippen LogP contribution in [0.1, 0.15) is 95.0 Å². The highest BCUT2D eigenvalue weighted by Gasteiger charge is 2.37. The van der Waals surface area contributed by atoms with E-state index in [1.165, 1.54) is 12.1 Å². The lowest BCUT2D eigenvalue weighted by Gasteiger charge is -2.41. The molecule has 6 nitrogen and oxygen atoms in total.